The summed E-state index contributed by atoms with van der Waals surface area (Å²) < 4.78 is 0. The van der Waals surface area contributed by atoms with Crippen LogP contribution < -0.4 is 5.43 Å². The molecule has 0 aliphatic carbocycles. The number of hydrogen-bond acceptors (Lipinski definition) is 6. The van der Waals surface area contributed by atoms with Gasteiger partial charge in [-0.2, -0.15) is 5.10 Å². The van der Waals surface area contributed by atoms with E-state index in [-0.39, 0.29) is 11.8 Å². The molecule has 7 heteroatoms. The average molecular weight is 394 g/mol. The van der Waals surface area contributed by atoms with E-state index in [9.17, 15) is 4.79 Å². The molecule has 4 heterocycles. The Morgan fingerprint density at radius 1 is 0.867 bits per heavy atom. The molecule has 1 amide bonds. The van der Waals surface area contributed by atoms with E-state index >= 15 is 0 Å². The standard InChI is InChI=1S/C23H18N6O/c1-14-12-20(30)28-29-21(14)15-8-9-16-19(13-15)27-23(18-7-3-5-11-25-18)22(26-16)17-6-2-4-10-24-17/h2-11,13-14H,12H2,1H3,(H,28,30). The zero-order valence-electron chi connectivity index (χ0n) is 16.3. The molecule has 0 spiro atoms. The van der Waals surface area contributed by atoms with Crippen LogP contribution in [0.1, 0.15) is 18.9 Å². The number of nitrogens with one attached hydrogen (secondary N) is 1. The fourth-order valence-electron chi connectivity index (χ4n) is 3.58. The van der Waals surface area contributed by atoms with Gasteiger partial charge in [-0.15, -0.1) is 0 Å². The quantitative estimate of drug-likeness (QED) is 0.573. The van der Waals surface area contributed by atoms with Crippen LogP contribution in [-0.4, -0.2) is 31.6 Å². The Hall–Kier alpha value is -4.00. The second-order valence-corrected chi connectivity index (χ2v) is 7.19. The highest BCUT2D eigenvalue weighted by Gasteiger charge is 2.22. The number of aromatic nitrogens is 4. The summed E-state index contributed by atoms with van der Waals surface area (Å²) >= 11 is 0. The van der Waals surface area contributed by atoms with Gasteiger partial charge in [0.25, 0.3) is 0 Å². The molecule has 4 aromatic rings. The maximum atomic E-state index is 11.6. The maximum Gasteiger partial charge on any atom is 0.240 e. The fraction of sp³-hybridized carbons (Fsp3) is 0.130. The van der Waals surface area contributed by atoms with E-state index in [4.69, 9.17) is 9.97 Å². The first-order valence-electron chi connectivity index (χ1n) is 9.70. The normalized spacial score (nSPS) is 16.2. The van der Waals surface area contributed by atoms with Gasteiger partial charge in [0.1, 0.15) is 11.4 Å². The smallest absolute Gasteiger partial charge is 0.240 e. The van der Waals surface area contributed by atoms with Crippen LogP contribution in [0.5, 0.6) is 0 Å². The highest BCUT2D eigenvalue weighted by Crippen LogP contribution is 2.29. The van der Waals surface area contributed by atoms with Crippen LogP contribution in [0, 0.1) is 5.92 Å². The molecule has 0 fully saturated rings. The number of pyridine rings is 2. The largest absolute Gasteiger partial charge is 0.273 e. The molecule has 1 aliphatic heterocycles. The van der Waals surface area contributed by atoms with Crippen LogP contribution in [0.25, 0.3) is 33.8 Å². The predicted molar refractivity (Wildman–Crippen MR) is 114 cm³/mol. The lowest BCUT2D eigenvalue weighted by atomic mass is 9.94. The minimum atomic E-state index is -0.0655. The Kier molecular flexibility index (Phi) is 4.48. The SMILES string of the molecule is CC1CC(=O)NN=C1c1ccc2nc(-c3ccccn3)c(-c3ccccn3)nc2c1. The zero-order valence-corrected chi connectivity index (χ0v) is 16.3. The Bertz CT molecular complexity index is 1270. The molecule has 1 N–H and O–H groups in total. The van der Waals surface area contributed by atoms with Crippen LogP contribution in [0.15, 0.2) is 72.1 Å². The highest BCUT2D eigenvalue weighted by molar-refractivity contribution is 6.07. The molecule has 0 radical (unpaired) electrons. The summed E-state index contributed by atoms with van der Waals surface area (Å²) in [7, 11) is 0. The van der Waals surface area contributed by atoms with Gasteiger partial charge in [0.2, 0.25) is 5.91 Å². The number of carbonyl (C=O) groups is 1. The van der Waals surface area contributed by atoms with Crippen LogP contribution >= 0.6 is 0 Å². The molecular weight excluding hydrogens is 376 g/mol. The Labute approximate surface area is 173 Å². The third kappa shape index (κ3) is 3.30. The maximum absolute atomic E-state index is 11.6. The first-order valence-corrected chi connectivity index (χ1v) is 9.70. The minimum Gasteiger partial charge on any atom is -0.273 e. The molecule has 3 aromatic heterocycles. The van der Waals surface area contributed by atoms with Gasteiger partial charge in [-0.05, 0) is 36.4 Å². The number of benzene rings is 1. The van der Waals surface area contributed by atoms with Crippen molar-refractivity contribution >= 4 is 22.7 Å². The number of hydrazone groups is 1. The lowest BCUT2D eigenvalue weighted by molar-refractivity contribution is -0.121. The van der Waals surface area contributed by atoms with Gasteiger partial charge >= 0.3 is 0 Å². The molecule has 146 valence electrons. The van der Waals surface area contributed by atoms with Crippen molar-refractivity contribution in [3.05, 3.63) is 72.6 Å². The summed E-state index contributed by atoms with van der Waals surface area (Å²) in [5, 5.41) is 4.26. The first-order chi connectivity index (χ1) is 14.7. The van der Waals surface area contributed by atoms with Crippen molar-refractivity contribution in [1.82, 2.24) is 25.4 Å². The van der Waals surface area contributed by atoms with Gasteiger partial charge in [-0.1, -0.05) is 25.1 Å². The van der Waals surface area contributed by atoms with Crippen molar-refractivity contribution in [2.45, 2.75) is 13.3 Å². The molecule has 0 saturated heterocycles. The van der Waals surface area contributed by atoms with E-state index in [1.54, 1.807) is 12.4 Å². The highest BCUT2D eigenvalue weighted by atomic mass is 16.2. The van der Waals surface area contributed by atoms with E-state index in [1.807, 2.05) is 61.5 Å². The lowest BCUT2D eigenvalue weighted by Crippen LogP contribution is -2.31. The second-order valence-electron chi connectivity index (χ2n) is 7.19. The van der Waals surface area contributed by atoms with E-state index in [0.29, 0.717) is 17.8 Å². The Morgan fingerprint density at radius 2 is 1.53 bits per heavy atom. The molecule has 1 atom stereocenters. The van der Waals surface area contributed by atoms with Crippen molar-refractivity contribution < 1.29 is 4.79 Å². The number of nitrogens with zero attached hydrogens (tertiary/aromatic N) is 5. The zero-order chi connectivity index (χ0) is 20.5. The van der Waals surface area contributed by atoms with Gasteiger partial charge in [0.15, 0.2) is 0 Å². The van der Waals surface area contributed by atoms with Crippen LogP contribution in [0.4, 0.5) is 0 Å². The molecule has 30 heavy (non-hydrogen) atoms. The van der Waals surface area contributed by atoms with E-state index in [0.717, 1.165) is 33.7 Å². The van der Waals surface area contributed by atoms with E-state index in [1.165, 1.54) is 0 Å². The topological polar surface area (TPSA) is 93.0 Å². The van der Waals surface area contributed by atoms with Crippen molar-refractivity contribution in [2.24, 2.45) is 11.0 Å². The number of rotatable bonds is 3. The summed E-state index contributed by atoms with van der Waals surface area (Å²) in [4.78, 5) is 30.3. The van der Waals surface area contributed by atoms with E-state index in [2.05, 4.69) is 20.5 Å². The lowest BCUT2D eigenvalue weighted by Gasteiger charge is -2.19. The Balaban J connectivity index is 1.70. The number of carbonyl (C=O) groups excluding carboxylic acids is 1. The van der Waals surface area contributed by atoms with Gasteiger partial charge < -0.3 is 0 Å². The Morgan fingerprint density at radius 3 is 2.13 bits per heavy atom. The number of fused-ring (bicyclic) bond motifs is 1. The number of amides is 1. The first kappa shape index (κ1) is 18.1. The van der Waals surface area contributed by atoms with Crippen LogP contribution in [-0.2, 0) is 4.79 Å². The van der Waals surface area contributed by atoms with Crippen molar-refractivity contribution in [1.29, 1.82) is 0 Å². The molecule has 0 saturated carbocycles. The molecule has 1 aliphatic rings. The summed E-state index contributed by atoms with van der Waals surface area (Å²) in [5.74, 6) is -0.0310. The number of hydrogen-bond donors (Lipinski definition) is 1. The van der Waals surface area contributed by atoms with Crippen LogP contribution in [0.2, 0.25) is 0 Å². The molecule has 1 unspecified atom stereocenters. The third-order valence-corrected chi connectivity index (χ3v) is 5.03. The van der Waals surface area contributed by atoms with Crippen molar-refractivity contribution in [3.8, 4) is 22.8 Å². The summed E-state index contributed by atoms with van der Waals surface area (Å²) in [6, 6.07) is 17.3. The molecule has 7 nitrogen and oxygen atoms in total. The van der Waals surface area contributed by atoms with Crippen molar-refractivity contribution in [2.75, 3.05) is 0 Å². The molecule has 0 bridgehead atoms. The summed E-state index contributed by atoms with van der Waals surface area (Å²) in [5.41, 5.74) is 8.65. The molecular formula is C23H18N6O. The predicted octanol–water partition coefficient (Wildman–Crippen LogP) is 3.61. The fourth-order valence-corrected chi connectivity index (χ4v) is 3.58. The monoisotopic (exact) mass is 394 g/mol. The molecule has 5 rings (SSSR count). The van der Waals surface area contributed by atoms with Crippen LogP contribution in [0.3, 0.4) is 0 Å². The van der Waals surface area contributed by atoms with Gasteiger partial charge in [0.05, 0.1) is 28.1 Å². The molecule has 1 aromatic carbocycles. The second kappa shape index (κ2) is 7.44. The summed E-state index contributed by atoms with van der Waals surface area (Å²) in [6.07, 6.45) is 3.89. The average Bonchev–Trinajstić information content (AvgIpc) is 2.79. The third-order valence-electron chi connectivity index (χ3n) is 5.03. The van der Waals surface area contributed by atoms with Gasteiger partial charge in [0, 0.05) is 30.3 Å². The van der Waals surface area contributed by atoms with Crippen molar-refractivity contribution in [3.63, 3.8) is 0 Å². The van der Waals surface area contributed by atoms with Gasteiger partial charge in [-0.3, -0.25) is 14.8 Å². The van der Waals surface area contributed by atoms with Gasteiger partial charge in [-0.25, -0.2) is 15.4 Å². The summed E-state index contributed by atoms with van der Waals surface area (Å²) in [6.45, 7) is 2.00. The minimum absolute atomic E-state index is 0.0345. The van der Waals surface area contributed by atoms with E-state index < -0.39 is 0 Å².